The highest BCUT2D eigenvalue weighted by atomic mass is 16.5. The number of carbonyl (C=O) groups is 1. The molecule has 0 saturated carbocycles. The smallest absolute Gasteiger partial charge is 0.338 e. The van der Waals surface area contributed by atoms with Crippen LogP contribution in [0.1, 0.15) is 6.92 Å². The minimum Gasteiger partial charge on any atom is -0.450 e. The Bertz CT molecular complexity index is 295. The SMILES string of the molecule is C=C/C=C/[C@@H]1C=C(/C=C/C)C(=O)O1. The van der Waals surface area contributed by atoms with E-state index in [4.69, 9.17) is 4.74 Å². The fraction of sp³-hybridized carbons (Fsp3) is 0.182. The monoisotopic (exact) mass is 176 g/mol. The van der Waals surface area contributed by atoms with Gasteiger partial charge in [-0.05, 0) is 19.1 Å². The van der Waals surface area contributed by atoms with Gasteiger partial charge < -0.3 is 4.74 Å². The third kappa shape index (κ3) is 2.44. The van der Waals surface area contributed by atoms with E-state index in [-0.39, 0.29) is 12.1 Å². The summed E-state index contributed by atoms with van der Waals surface area (Å²) in [4.78, 5) is 11.1. The maximum Gasteiger partial charge on any atom is 0.338 e. The molecule has 0 bridgehead atoms. The molecule has 1 atom stereocenters. The van der Waals surface area contributed by atoms with Gasteiger partial charge in [-0.3, -0.25) is 0 Å². The summed E-state index contributed by atoms with van der Waals surface area (Å²) in [5.41, 5.74) is 0.612. The molecule has 0 N–H and O–H groups in total. The summed E-state index contributed by atoms with van der Waals surface area (Å²) in [6.07, 6.45) is 10.3. The predicted octanol–water partition coefficient (Wildman–Crippen LogP) is 2.16. The lowest BCUT2D eigenvalue weighted by molar-refractivity contribution is -0.137. The second-order valence-electron chi connectivity index (χ2n) is 2.61. The van der Waals surface area contributed by atoms with Gasteiger partial charge in [0.05, 0.1) is 5.57 Å². The molecule has 2 heteroatoms. The Morgan fingerprint density at radius 3 is 3.00 bits per heavy atom. The average Bonchev–Trinajstić information content (AvgIpc) is 2.45. The zero-order valence-electron chi connectivity index (χ0n) is 7.57. The van der Waals surface area contributed by atoms with E-state index in [0.717, 1.165) is 0 Å². The van der Waals surface area contributed by atoms with Gasteiger partial charge in [0, 0.05) is 0 Å². The summed E-state index contributed by atoms with van der Waals surface area (Å²) < 4.78 is 5.01. The Kier molecular flexibility index (Phi) is 3.26. The quantitative estimate of drug-likeness (QED) is 0.486. The third-order valence-corrected chi connectivity index (χ3v) is 1.61. The van der Waals surface area contributed by atoms with Gasteiger partial charge in [0.1, 0.15) is 6.10 Å². The summed E-state index contributed by atoms with van der Waals surface area (Å²) in [6, 6.07) is 0. The van der Waals surface area contributed by atoms with Crippen molar-refractivity contribution >= 4 is 5.97 Å². The molecule has 0 amide bonds. The molecule has 0 aromatic heterocycles. The minimum absolute atomic E-state index is 0.239. The lowest BCUT2D eigenvalue weighted by Crippen LogP contribution is -2.04. The molecule has 0 aromatic rings. The van der Waals surface area contributed by atoms with Gasteiger partial charge in [-0.2, -0.15) is 0 Å². The van der Waals surface area contributed by atoms with Crippen LogP contribution in [0, 0.1) is 0 Å². The summed E-state index contributed by atoms with van der Waals surface area (Å²) in [5, 5.41) is 0. The molecule has 0 radical (unpaired) electrons. The van der Waals surface area contributed by atoms with Gasteiger partial charge in [0.25, 0.3) is 0 Å². The zero-order valence-corrected chi connectivity index (χ0v) is 7.57. The molecule has 0 saturated heterocycles. The number of allylic oxidation sites excluding steroid dienone is 3. The van der Waals surface area contributed by atoms with Crippen molar-refractivity contribution < 1.29 is 9.53 Å². The van der Waals surface area contributed by atoms with Gasteiger partial charge in [0.15, 0.2) is 0 Å². The van der Waals surface area contributed by atoms with E-state index in [9.17, 15) is 4.79 Å². The van der Waals surface area contributed by atoms with Gasteiger partial charge in [-0.25, -0.2) is 4.79 Å². The maximum atomic E-state index is 11.1. The number of hydrogen-bond acceptors (Lipinski definition) is 2. The van der Waals surface area contributed by atoms with E-state index < -0.39 is 0 Å². The van der Waals surface area contributed by atoms with Crippen molar-refractivity contribution in [3.05, 3.63) is 48.6 Å². The van der Waals surface area contributed by atoms with Gasteiger partial charge in [-0.15, -0.1) is 0 Å². The van der Waals surface area contributed by atoms with E-state index in [0.29, 0.717) is 5.57 Å². The Morgan fingerprint density at radius 1 is 1.62 bits per heavy atom. The van der Waals surface area contributed by atoms with Crippen LogP contribution in [-0.2, 0) is 9.53 Å². The van der Waals surface area contributed by atoms with Gasteiger partial charge in [0.2, 0.25) is 0 Å². The first-order valence-electron chi connectivity index (χ1n) is 4.12. The normalized spacial score (nSPS) is 22.4. The van der Waals surface area contributed by atoms with Crippen molar-refractivity contribution in [3.8, 4) is 0 Å². The van der Waals surface area contributed by atoms with Crippen LogP contribution in [0.25, 0.3) is 0 Å². The molecule has 1 aliphatic heterocycles. The lowest BCUT2D eigenvalue weighted by Gasteiger charge is -1.99. The van der Waals surface area contributed by atoms with Crippen LogP contribution in [0.15, 0.2) is 48.6 Å². The van der Waals surface area contributed by atoms with E-state index in [1.807, 2.05) is 13.0 Å². The molecule has 1 heterocycles. The number of cyclic esters (lactones) is 1. The Hall–Kier alpha value is -1.57. The third-order valence-electron chi connectivity index (χ3n) is 1.61. The van der Waals surface area contributed by atoms with E-state index in [2.05, 4.69) is 6.58 Å². The number of esters is 1. The zero-order chi connectivity index (χ0) is 9.68. The van der Waals surface area contributed by atoms with Crippen LogP contribution in [0.3, 0.4) is 0 Å². The molecule has 0 aliphatic carbocycles. The van der Waals surface area contributed by atoms with Crippen LogP contribution in [0.5, 0.6) is 0 Å². The van der Waals surface area contributed by atoms with Crippen molar-refractivity contribution in [1.29, 1.82) is 0 Å². The summed E-state index contributed by atoms with van der Waals surface area (Å²) >= 11 is 0. The maximum absolute atomic E-state index is 11.1. The summed E-state index contributed by atoms with van der Waals surface area (Å²) in [6.45, 7) is 5.40. The molecule has 0 aromatic carbocycles. The molecule has 1 rings (SSSR count). The average molecular weight is 176 g/mol. The highest BCUT2D eigenvalue weighted by molar-refractivity contribution is 5.94. The Morgan fingerprint density at radius 2 is 2.38 bits per heavy atom. The fourth-order valence-electron chi connectivity index (χ4n) is 1.06. The van der Waals surface area contributed by atoms with E-state index in [1.165, 1.54) is 0 Å². The van der Waals surface area contributed by atoms with Crippen molar-refractivity contribution in [1.82, 2.24) is 0 Å². The predicted molar refractivity (Wildman–Crippen MR) is 52.1 cm³/mol. The van der Waals surface area contributed by atoms with Gasteiger partial charge >= 0.3 is 5.97 Å². The van der Waals surface area contributed by atoms with Crippen molar-refractivity contribution in [2.45, 2.75) is 13.0 Å². The highest BCUT2D eigenvalue weighted by Crippen LogP contribution is 2.15. The van der Waals surface area contributed by atoms with Gasteiger partial charge in [-0.1, -0.05) is 30.9 Å². The second-order valence-corrected chi connectivity index (χ2v) is 2.61. The summed E-state index contributed by atoms with van der Waals surface area (Å²) in [7, 11) is 0. The molecule has 0 spiro atoms. The van der Waals surface area contributed by atoms with E-state index in [1.54, 1.807) is 30.4 Å². The molecular weight excluding hydrogens is 164 g/mol. The molecule has 1 aliphatic rings. The molecule has 0 unspecified atom stereocenters. The van der Waals surface area contributed by atoms with Crippen molar-refractivity contribution in [3.63, 3.8) is 0 Å². The molecule has 2 nitrogen and oxygen atoms in total. The highest BCUT2D eigenvalue weighted by Gasteiger charge is 2.20. The van der Waals surface area contributed by atoms with Crippen LogP contribution >= 0.6 is 0 Å². The number of ether oxygens (including phenoxy) is 1. The standard InChI is InChI=1S/C11H12O2/c1-3-5-7-10-8-9(6-4-2)11(12)13-10/h3-8,10H,1H2,2H3/b6-4+,7-5+/t10-/m1/s1. The fourth-order valence-corrected chi connectivity index (χ4v) is 1.06. The van der Waals surface area contributed by atoms with Crippen molar-refractivity contribution in [2.24, 2.45) is 0 Å². The van der Waals surface area contributed by atoms with Crippen LogP contribution < -0.4 is 0 Å². The topological polar surface area (TPSA) is 26.3 Å². The number of rotatable bonds is 3. The largest absolute Gasteiger partial charge is 0.450 e. The molecular formula is C11H12O2. The first-order chi connectivity index (χ1) is 6.27. The first kappa shape index (κ1) is 9.52. The molecule has 68 valence electrons. The molecule has 0 fully saturated rings. The molecule has 13 heavy (non-hydrogen) atoms. The van der Waals surface area contributed by atoms with Crippen LogP contribution in [-0.4, -0.2) is 12.1 Å². The lowest BCUT2D eigenvalue weighted by atomic mass is 10.2. The first-order valence-corrected chi connectivity index (χ1v) is 4.12. The summed E-state index contributed by atoms with van der Waals surface area (Å²) in [5.74, 6) is -0.267. The Balaban J connectivity index is 2.71. The van der Waals surface area contributed by atoms with Crippen LogP contribution in [0.4, 0.5) is 0 Å². The number of hydrogen-bond donors (Lipinski definition) is 0. The van der Waals surface area contributed by atoms with Crippen LogP contribution in [0.2, 0.25) is 0 Å². The second kappa shape index (κ2) is 4.45. The van der Waals surface area contributed by atoms with E-state index >= 15 is 0 Å². The van der Waals surface area contributed by atoms with Crippen molar-refractivity contribution in [2.75, 3.05) is 0 Å². The minimum atomic E-state index is -0.267. The Labute approximate surface area is 77.9 Å². The number of carbonyl (C=O) groups excluding carboxylic acids is 1.